The molecule has 2 bridgehead atoms. The lowest BCUT2D eigenvalue weighted by Crippen LogP contribution is -2.18. The van der Waals surface area contributed by atoms with Crippen LogP contribution >= 0.6 is 0 Å². The number of hydrogen-bond acceptors (Lipinski definition) is 3. The van der Waals surface area contributed by atoms with Crippen molar-refractivity contribution in [1.29, 1.82) is 0 Å². The number of fused-ring (bicyclic) bond motifs is 2. The Bertz CT molecular complexity index is 469. The van der Waals surface area contributed by atoms with Crippen LogP contribution in [0, 0.1) is 17.8 Å². The summed E-state index contributed by atoms with van der Waals surface area (Å²) in [6.45, 7) is 0.731. The van der Waals surface area contributed by atoms with Gasteiger partial charge in [0.15, 0.2) is 6.29 Å². The van der Waals surface area contributed by atoms with Crippen LogP contribution in [0.4, 0.5) is 0 Å². The third-order valence-corrected chi connectivity index (χ3v) is 4.69. The first-order chi connectivity index (χ1) is 9.30. The van der Waals surface area contributed by atoms with Crippen molar-refractivity contribution in [1.82, 2.24) is 0 Å². The summed E-state index contributed by atoms with van der Waals surface area (Å²) in [6.07, 6.45) is 6.28. The van der Waals surface area contributed by atoms with Crippen LogP contribution in [-0.4, -0.2) is 20.0 Å². The van der Waals surface area contributed by atoms with Crippen LogP contribution < -0.4 is 9.47 Å². The number of benzene rings is 1. The van der Waals surface area contributed by atoms with Gasteiger partial charge in [0.25, 0.3) is 0 Å². The van der Waals surface area contributed by atoms with Crippen LogP contribution in [-0.2, 0) is 0 Å². The second kappa shape index (κ2) is 5.24. The molecule has 2 fully saturated rings. The third kappa shape index (κ3) is 2.46. The van der Waals surface area contributed by atoms with E-state index in [1.807, 2.05) is 0 Å². The molecule has 1 aromatic carbocycles. The second-order valence-corrected chi connectivity index (χ2v) is 5.77. The largest absolute Gasteiger partial charge is 0.497 e. The van der Waals surface area contributed by atoms with Gasteiger partial charge in [-0.25, -0.2) is 0 Å². The molecule has 0 heterocycles. The molecule has 3 rings (SSSR count). The summed E-state index contributed by atoms with van der Waals surface area (Å²) in [5.74, 6) is 3.82. The van der Waals surface area contributed by atoms with Gasteiger partial charge >= 0.3 is 0 Å². The number of carbonyl (C=O) groups is 1. The van der Waals surface area contributed by atoms with E-state index in [0.29, 0.717) is 17.2 Å². The summed E-state index contributed by atoms with van der Waals surface area (Å²) >= 11 is 0. The van der Waals surface area contributed by atoms with Crippen LogP contribution in [0.15, 0.2) is 18.2 Å². The fourth-order valence-electron chi connectivity index (χ4n) is 3.64. The zero-order chi connectivity index (χ0) is 13.2. The molecule has 2 aliphatic carbocycles. The Hall–Kier alpha value is -1.51. The highest BCUT2D eigenvalue weighted by Crippen LogP contribution is 2.48. The third-order valence-electron chi connectivity index (χ3n) is 4.69. The van der Waals surface area contributed by atoms with Gasteiger partial charge in [-0.15, -0.1) is 0 Å². The van der Waals surface area contributed by atoms with Crippen LogP contribution in [0.25, 0.3) is 0 Å². The van der Waals surface area contributed by atoms with Gasteiger partial charge in [-0.1, -0.05) is 6.42 Å². The van der Waals surface area contributed by atoms with E-state index in [4.69, 9.17) is 9.47 Å². The van der Waals surface area contributed by atoms with Crippen LogP contribution in [0.5, 0.6) is 11.5 Å². The maximum absolute atomic E-state index is 11.0. The van der Waals surface area contributed by atoms with Gasteiger partial charge in [0.1, 0.15) is 11.5 Å². The van der Waals surface area contributed by atoms with Crippen LogP contribution in [0.2, 0.25) is 0 Å². The molecule has 0 amide bonds. The molecule has 102 valence electrons. The van der Waals surface area contributed by atoms with Crippen molar-refractivity contribution >= 4 is 6.29 Å². The highest BCUT2D eigenvalue weighted by atomic mass is 16.5. The Morgan fingerprint density at radius 2 is 2.21 bits per heavy atom. The summed E-state index contributed by atoms with van der Waals surface area (Å²) in [5, 5.41) is 0. The number of carbonyl (C=O) groups excluding carboxylic acids is 1. The summed E-state index contributed by atoms with van der Waals surface area (Å²) in [7, 11) is 1.62. The van der Waals surface area contributed by atoms with E-state index in [1.54, 1.807) is 25.3 Å². The van der Waals surface area contributed by atoms with E-state index in [2.05, 4.69) is 0 Å². The lowest BCUT2D eigenvalue weighted by Gasteiger charge is -2.22. The van der Waals surface area contributed by atoms with Gasteiger partial charge in [0, 0.05) is 6.07 Å². The molecule has 3 heteroatoms. The Kier molecular flexibility index (Phi) is 3.45. The zero-order valence-corrected chi connectivity index (χ0v) is 11.3. The van der Waals surface area contributed by atoms with Gasteiger partial charge in [-0.3, -0.25) is 4.79 Å². The van der Waals surface area contributed by atoms with Crippen LogP contribution in [0.3, 0.4) is 0 Å². The van der Waals surface area contributed by atoms with E-state index in [-0.39, 0.29) is 0 Å². The van der Waals surface area contributed by atoms with Crippen molar-refractivity contribution in [3.63, 3.8) is 0 Å². The van der Waals surface area contributed by atoms with E-state index in [1.165, 1.54) is 25.7 Å². The maximum Gasteiger partial charge on any atom is 0.153 e. The summed E-state index contributed by atoms with van der Waals surface area (Å²) in [4.78, 5) is 11.0. The number of aldehydes is 1. The predicted molar refractivity (Wildman–Crippen MR) is 72.8 cm³/mol. The Morgan fingerprint density at radius 1 is 1.32 bits per heavy atom. The average molecular weight is 260 g/mol. The number of ether oxygens (including phenoxy) is 2. The molecule has 0 spiro atoms. The van der Waals surface area contributed by atoms with Gasteiger partial charge in [0.2, 0.25) is 0 Å². The number of methoxy groups -OCH3 is 1. The first-order valence-corrected chi connectivity index (χ1v) is 7.06. The first kappa shape index (κ1) is 12.5. The molecule has 0 radical (unpaired) electrons. The minimum absolute atomic E-state index is 0.601. The quantitative estimate of drug-likeness (QED) is 0.762. The molecule has 0 aliphatic heterocycles. The van der Waals surface area contributed by atoms with Crippen molar-refractivity contribution in [3.8, 4) is 11.5 Å². The SMILES string of the molecule is COc1ccc(C=O)c(OCC2CC3CCC2C3)c1. The van der Waals surface area contributed by atoms with Gasteiger partial charge in [0.05, 0.1) is 19.3 Å². The summed E-state index contributed by atoms with van der Waals surface area (Å²) in [5.41, 5.74) is 0.601. The Morgan fingerprint density at radius 3 is 2.84 bits per heavy atom. The van der Waals surface area contributed by atoms with Gasteiger partial charge < -0.3 is 9.47 Å². The topological polar surface area (TPSA) is 35.5 Å². The molecule has 0 saturated heterocycles. The summed E-state index contributed by atoms with van der Waals surface area (Å²) < 4.78 is 11.1. The fraction of sp³-hybridized carbons (Fsp3) is 0.562. The maximum atomic E-state index is 11.0. The molecule has 3 atom stereocenters. The van der Waals surface area contributed by atoms with Crippen LogP contribution in [0.1, 0.15) is 36.0 Å². The highest BCUT2D eigenvalue weighted by Gasteiger charge is 2.39. The number of hydrogen-bond donors (Lipinski definition) is 0. The smallest absolute Gasteiger partial charge is 0.153 e. The van der Waals surface area contributed by atoms with Crippen molar-refractivity contribution < 1.29 is 14.3 Å². The molecular weight excluding hydrogens is 240 g/mol. The molecule has 3 nitrogen and oxygen atoms in total. The van der Waals surface area contributed by atoms with E-state index in [9.17, 15) is 4.79 Å². The minimum Gasteiger partial charge on any atom is -0.497 e. The van der Waals surface area contributed by atoms with Crippen molar-refractivity contribution in [2.75, 3.05) is 13.7 Å². The minimum atomic E-state index is 0.601. The molecule has 2 saturated carbocycles. The van der Waals surface area contributed by atoms with Crippen molar-refractivity contribution in [2.45, 2.75) is 25.7 Å². The Balaban J connectivity index is 1.67. The monoisotopic (exact) mass is 260 g/mol. The molecule has 19 heavy (non-hydrogen) atoms. The van der Waals surface area contributed by atoms with Crippen molar-refractivity contribution in [2.24, 2.45) is 17.8 Å². The molecule has 3 unspecified atom stereocenters. The standard InChI is InChI=1S/C16H20O3/c1-18-15-5-4-13(9-17)16(8-15)19-10-14-7-11-2-3-12(14)6-11/h4-5,8-9,11-12,14H,2-3,6-7,10H2,1H3. The lowest BCUT2D eigenvalue weighted by molar-refractivity contribution is 0.111. The summed E-state index contributed by atoms with van der Waals surface area (Å²) in [6, 6.07) is 5.34. The average Bonchev–Trinajstić information content (AvgIpc) is 3.07. The molecule has 2 aliphatic rings. The number of rotatable bonds is 5. The highest BCUT2D eigenvalue weighted by molar-refractivity contribution is 5.79. The molecular formula is C16H20O3. The van der Waals surface area contributed by atoms with Gasteiger partial charge in [-0.2, -0.15) is 0 Å². The van der Waals surface area contributed by atoms with E-state index in [0.717, 1.165) is 30.5 Å². The Labute approximate surface area is 113 Å². The first-order valence-electron chi connectivity index (χ1n) is 7.06. The molecule has 1 aromatic rings. The molecule has 0 N–H and O–H groups in total. The normalized spacial score (nSPS) is 28.4. The fourth-order valence-corrected chi connectivity index (χ4v) is 3.64. The predicted octanol–water partition coefficient (Wildman–Crippen LogP) is 3.32. The van der Waals surface area contributed by atoms with Gasteiger partial charge in [-0.05, 0) is 49.1 Å². The molecule has 0 aromatic heterocycles. The van der Waals surface area contributed by atoms with Crippen molar-refractivity contribution in [3.05, 3.63) is 23.8 Å². The van der Waals surface area contributed by atoms with E-state index >= 15 is 0 Å². The zero-order valence-electron chi connectivity index (χ0n) is 11.3. The lowest BCUT2D eigenvalue weighted by atomic mass is 9.89. The van der Waals surface area contributed by atoms with E-state index < -0.39 is 0 Å². The second-order valence-electron chi connectivity index (χ2n) is 5.77.